The highest BCUT2D eigenvalue weighted by Gasteiger charge is 2.33. The van der Waals surface area contributed by atoms with Crippen molar-refractivity contribution in [2.75, 3.05) is 19.7 Å². The van der Waals surface area contributed by atoms with E-state index in [0.29, 0.717) is 25.3 Å². The number of likely N-dealkylation sites (tertiary alicyclic amines) is 1. The van der Waals surface area contributed by atoms with Gasteiger partial charge in [-0.3, -0.25) is 4.90 Å². The average molecular weight is 302 g/mol. The summed E-state index contributed by atoms with van der Waals surface area (Å²) in [7, 11) is 0. The molecule has 2 aromatic rings. The predicted octanol–water partition coefficient (Wildman–Crippen LogP) is 2.39. The van der Waals surface area contributed by atoms with Crippen molar-refractivity contribution in [2.24, 2.45) is 0 Å². The molecule has 0 saturated carbocycles. The minimum Gasteiger partial charge on any atom is -0.491 e. The number of oxazole rings is 1. The molecular formula is C17H22N2O3. The molecule has 0 bridgehead atoms. The van der Waals surface area contributed by atoms with E-state index in [0.717, 1.165) is 31.1 Å². The van der Waals surface area contributed by atoms with Gasteiger partial charge in [0.2, 0.25) is 0 Å². The van der Waals surface area contributed by atoms with E-state index in [9.17, 15) is 5.11 Å². The summed E-state index contributed by atoms with van der Waals surface area (Å²) < 4.78 is 10.9. The standard InChI is InChI=1S/C17H22N2O3/c1-14-18-15(12-21-14)11-19-9-7-17(20,8-10-19)13-22-16-5-3-2-4-6-16/h2-6,12,20H,7-11,13H2,1H3. The fourth-order valence-electron chi connectivity index (χ4n) is 2.72. The van der Waals surface area contributed by atoms with Crippen LogP contribution in [-0.2, 0) is 6.54 Å². The molecule has 0 unspecified atom stereocenters. The van der Waals surface area contributed by atoms with Gasteiger partial charge in [0.15, 0.2) is 5.89 Å². The number of aryl methyl sites for hydroxylation is 1. The Hall–Kier alpha value is -1.85. The van der Waals surface area contributed by atoms with Crippen LogP contribution in [0, 0.1) is 6.92 Å². The van der Waals surface area contributed by atoms with Crippen LogP contribution in [0.1, 0.15) is 24.4 Å². The van der Waals surface area contributed by atoms with Crippen LogP contribution in [0.2, 0.25) is 0 Å². The summed E-state index contributed by atoms with van der Waals surface area (Å²) in [6.45, 7) is 4.63. The van der Waals surface area contributed by atoms with E-state index < -0.39 is 5.60 Å². The molecule has 118 valence electrons. The fraction of sp³-hybridized carbons (Fsp3) is 0.471. The van der Waals surface area contributed by atoms with Gasteiger partial charge in [-0.15, -0.1) is 0 Å². The summed E-state index contributed by atoms with van der Waals surface area (Å²) in [5.74, 6) is 1.50. The molecule has 0 radical (unpaired) electrons. The van der Waals surface area contributed by atoms with E-state index in [1.54, 1.807) is 6.26 Å². The smallest absolute Gasteiger partial charge is 0.191 e. The lowest BCUT2D eigenvalue weighted by Crippen LogP contribution is -2.47. The van der Waals surface area contributed by atoms with Gasteiger partial charge in [0, 0.05) is 26.6 Å². The number of rotatable bonds is 5. The lowest BCUT2D eigenvalue weighted by atomic mass is 9.92. The Labute approximate surface area is 130 Å². The van der Waals surface area contributed by atoms with E-state index in [2.05, 4.69) is 9.88 Å². The molecule has 1 N–H and O–H groups in total. The molecule has 5 heteroatoms. The summed E-state index contributed by atoms with van der Waals surface area (Å²) in [6.07, 6.45) is 3.11. The van der Waals surface area contributed by atoms with Gasteiger partial charge in [-0.05, 0) is 25.0 Å². The summed E-state index contributed by atoms with van der Waals surface area (Å²) in [6, 6.07) is 9.63. The van der Waals surface area contributed by atoms with Gasteiger partial charge in [-0.25, -0.2) is 4.98 Å². The number of piperidine rings is 1. The van der Waals surface area contributed by atoms with Crippen molar-refractivity contribution in [1.29, 1.82) is 0 Å². The van der Waals surface area contributed by atoms with Crippen molar-refractivity contribution in [2.45, 2.75) is 31.9 Å². The maximum atomic E-state index is 10.6. The lowest BCUT2D eigenvalue weighted by Gasteiger charge is -2.37. The van der Waals surface area contributed by atoms with Crippen molar-refractivity contribution >= 4 is 0 Å². The van der Waals surface area contributed by atoms with Crippen LogP contribution in [0.5, 0.6) is 5.75 Å². The first-order chi connectivity index (χ1) is 10.6. The van der Waals surface area contributed by atoms with Crippen molar-refractivity contribution in [3.63, 3.8) is 0 Å². The minimum atomic E-state index is -0.744. The van der Waals surface area contributed by atoms with E-state index in [1.807, 2.05) is 37.3 Å². The van der Waals surface area contributed by atoms with Crippen LogP contribution in [-0.4, -0.2) is 40.3 Å². The second-order valence-electron chi connectivity index (χ2n) is 5.96. The van der Waals surface area contributed by atoms with E-state index >= 15 is 0 Å². The van der Waals surface area contributed by atoms with E-state index in [1.165, 1.54) is 0 Å². The Morgan fingerprint density at radius 2 is 2.00 bits per heavy atom. The third-order valence-corrected chi connectivity index (χ3v) is 4.09. The summed E-state index contributed by atoms with van der Waals surface area (Å²) in [5.41, 5.74) is 0.204. The van der Waals surface area contributed by atoms with Gasteiger partial charge in [0.1, 0.15) is 24.2 Å². The SMILES string of the molecule is Cc1nc(CN2CCC(O)(COc3ccccc3)CC2)co1. The zero-order valence-electron chi connectivity index (χ0n) is 12.9. The van der Waals surface area contributed by atoms with Crippen molar-refractivity contribution in [1.82, 2.24) is 9.88 Å². The van der Waals surface area contributed by atoms with Gasteiger partial charge < -0.3 is 14.3 Å². The number of aliphatic hydroxyl groups is 1. The third kappa shape index (κ3) is 3.87. The largest absolute Gasteiger partial charge is 0.491 e. The highest BCUT2D eigenvalue weighted by atomic mass is 16.5. The van der Waals surface area contributed by atoms with Crippen molar-refractivity contribution in [3.05, 3.63) is 48.2 Å². The Morgan fingerprint density at radius 3 is 2.64 bits per heavy atom. The van der Waals surface area contributed by atoms with Crippen LogP contribution in [0.4, 0.5) is 0 Å². The Kier molecular flexibility index (Phi) is 4.45. The second-order valence-corrected chi connectivity index (χ2v) is 5.96. The van der Waals surface area contributed by atoms with Gasteiger partial charge >= 0.3 is 0 Å². The molecule has 0 spiro atoms. The Morgan fingerprint density at radius 1 is 1.27 bits per heavy atom. The Balaban J connectivity index is 1.47. The number of ether oxygens (including phenoxy) is 1. The third-order valence-electron chi connectivity index (χ3n) is 4.09. The summed E-state index contributed by atoms with van der Waals surface area (Å²) in [5, 5.41) is 10.6. The molecule has 1 aromatic heterocycles. The molecule has 1 aliphatic rings. The lowest BCUT2D eigenvalue weighted by molar-refractivity contribution is -0.0538. The highest BCUT2D eigenvalue weighted by molar-refractivity contribution is 5.21. The maximum Gasteiger partial charge on any atom is 0.191 e. The molecule has 1 aliphatic heterocycles. The first-order valence-electron chi connectivity index (χ1n) is 7.67. The molecule has 0 aliphatic carbocycles. The first kappa shape index (κ1) is 15.1. The molecule has 2 heterocycles. The maximum absolute atomic E-state index is 10.6. The molecule has 22 heavy (non-hydrogen) atoms. The van der Waals surface area contributed by atoms with Crippen molar-refractivity contribution < 1.29 is 14.3 Å². The minimum absolute atomic E-state index is 0.341. The van der Waals surface area contributed by atoms with E-state index in [-0.39, 0.29) is 0 Å². The van der Waals surface area contributed by atoms with Gasteiger partial charge in [-0.1, -0.05) is 18.2 Å². The van der Waals surface area contributed by atoms with Crippen LogP contribution in [0.15, 0.2) is 41.0 Å². The van der Waals surface area contributed by atoms with Gasteiger partial charge in [0.25, 0.3) is 0 Å². The highest BCUT2D eigenvalue weighted by Crippen LogP contribution is 2.24. The first-order valence-corrected chi connectivity index (χ1v) is 7.67. The Bertz CT molecular complexity index is 589. The number of hydrogen-bond acceptors (Lipinski definition) is 5. The van der Waals surface area contributed by atoms with Crippen LogP contribution in [0.3, 0.4) is 0 Å². The number of aromatic nitrogens is 1. The number of hydrogen-bond donors (Lipinski definition) is 1. The number of benzene rings is 1. The van der Waals surface area contributed by atoms with Crippen LogP contribution in [0.25, 0.3) is 0 Å². The number of nitrogens with zero attached hydrogens (tertiary/aromatic N) is 2. The molecule has 5 nitrogen and oxygen atoms in total. The molecule has 1 saturated heterocycles. The second kappa shape index (κ2) is 6.50. The van der Waals surface area contributed by atoms with Gasteiger partial charge in [0.05, 0.1) is 5.69 Å². The molecule has 3 rings (SSSR count). The van der Waals surface area contributed by atoms with Gasteiger partial charge in [-0.2, -0.15) is 0 Å². The molecular weight excluding hydrogens is 280 g/mol. The topological polar surface area (TPSA) is 58.7 Å². The molecule has 0 amide bonds. The normalized spacial score (nSPS) is 18.3. The molecule has 1 fully saturated rings. The zero-order chi connectivity index (χ0) is 15.4. The van der Waals surface area contributed by atoms with Crippen molar-refractivity contribution in [3.8, 4) is 5.75 Å². The molecule has 1 aromatic carbocycles. The number of para-hydroxylation sites is 1. The molecule has 0 atom stereocenters. The average Bonchev–Trinajstić information content (AvgIpc) is 2.94. The van der Waals surface area contributed by atoms with Crippen LogP contribution < -0.4 is 4.74 Å². The summed E-state index contributed by atoms with van der Waals surface area (Å²) in [4.78, 5) is 6.61. The summed E-state index contributed by atoms with van der Waals surface area (Å²) >= 11 is 0. The predicted molar refractivity (Wildman–Crippen MR) is 82.6 cm³/mol. The van der Waals surface area contributed by atoms with E-state index in [4.69, 9.17) is 9.15 Å². The zero-order valence-corrected chi connectivity index (χ0v) is 12.9. The van der Waals surface area contributed by atoms with Crippen LogP contribution >= 0.6 is 0 Å². The monoisotopic (exact) mass is 302 g/mol. The quantitative estimate of drug-likeness (QED) is 0.919. The fourth-order valence-corrected chi connectivity index (χ4v) is 2.72.